The zero-order valence-corrected chi connectivity index (χ0v) is 13.1. The summed E-state index contributed by atoms with van der Waals surface area (Å²) in [5, 5.41) is 8.32. The van der Waals surface area contributed by atoms with Gasteiger partial charge in [-0.2, -0.15) is 10.2 Å². The Kier molecular flexibility index (Phi) is 3.70. The summed E-state index contributed by atoms with van der Waals surface area (Å²) in [6, 6.07) is 0. The predicted octanol–water partition coefficient (Wildman–Crippen LogP) is 0.557. The lowest BCUT2D eigenvalue weighted by molar-refractivity contribution is 0.579. The van der Waals surface area contributed by atoms with E-state index in [0.717, 1.165) is 11.3 Å². The lowest BCUT2D eigenvalue weighted by atomic mass is 10.3. The zero-order chi connectivity index (χ0) is 15.1. The highest BCUT2D eigenvalue weighted by Crippen LogP contribution is 2.18. The third kappa shape index (κ3) is 2.61. The van der Waals surface area contributed by atoms with Crippen LogP contribution in [0.1, 0.15) is 22.6 Å². The molecule has 2 aromatic heterocycles. The Hall–Kier alpha value is -1.67. The van der Waals surface area contributed by atoms with Gasteiger partial charge in [0.25, 0.3) is 0 Å². The topological polar surface area (TPSA) is 81.8 Å². The van der Waals surface area contributed by atoms with Crippen LogP contribution in [0.3, 0.4) is 0 Å². The van der Waals surface area contributed by atoms with Crippen molar-refractivity contribution in [2.75, 3.05) is 0 Å². The van der Waals surface area contributed by atoms with Gasteiger partial charge in [0, 0.05) is 32.4 Å². The van der Waals surface area contributed by atoms with Crippen LogP contribution in [0.15, 0.2) is 11.1 Å². The molecule has 20 heavy (non-hydrogen) atoms. The van der Waals surface area contributed by atoms with E-state index in [2.05, 4.69) is 14.9 Å². The molecule has 0 radical (unpaired) electrons. The second kappa shape index (κ2) is 5.02. The van der Waals surface area contributed by atoms with Gasteiger partial charge < -0.3 is 0 Å². The molecule has 0 spiro atoms. The normalized spacial score (nSPS) is 12.1. The lowest BCUT2D eigenvalue weighted by Crippen LogP contribution is -2.24. The average Bonchev–Trinajstić information content (AvgIpc) is 2.77. The van der Waals surface area contributed by atoms with Crippen molar-refractivity contribution in [2.45, 2.75) is 32.2 Å². The van der Waals surface area contributed by atoms with E-state index in [9.17, 15) is 8.42 Å². The van der Waals surface area contributed by atoms with Gasteiger partial charge in [0.05, 0.1) is 17.1 Å². The fourth-order valence-corrected chi connectivity index (χ4v) is 3.65. The summed E-state index contributed by atoms with van der Waals surface area (Å²) in [6.45, 7) is 5.50. The highest BCUT2D eigenvalue weighted by molar-refractivity contribution is 7.89. The van der Waals surface area contributed by atoms with Crippen molar-refractivity contribution < 1.29 is 8.42 Å². The molecular weight excluding hydrogens is 278 g/mol. The van der Waals surface area contributed by atoms with Crippen molar-refractivity contribution >= 4 is 10.0 Å². The van der Waals surface area contributed by atoms with Gasteiger partial charge in [-0.3, -0.25) is 9.36 Å². The van der Waals surface area contributed by atoms with E-state index in [1.165, 1.54) is 0 Å². The summed E-state index contributed by atoms with van der Waals surface area (Å²) in [5.41, 5.74) is 2.79. The van der Waals surface area contributed by atoms with Crippen LogP contribution in [-0.4, -0.2) is 28.0 Å². The van der Waals surface area contributed by atoms with Crippen LogP contribution in [0.25, 0.3) is 0 Å². The van der Waals surface area contributed by atoms with Gasteiger partial charge in [-0.15, -0.1) is 0 Å². The minimum absolute atomic E-state index is 0.218. The van der Waals surface area contributed by atoms with Crippen molar-refractivity contribution in [3.63, 3.8) is 0 Å². The van der Waals surface area contributed by atoms with E-state index in [-0.39, 0.29) is 11.4 Å². The lowest BCUT2D eigenvalue weighted by Gasteiger charge is -2.06. The molecule has 0 atom stereocenters. The number of nitrogens with zero attached hydrogens (tertiary/aromatic N) is 4. The van der Waals surface area contributed by atoms with E-state index < -0.39 is 10.0 Å². The quantitative estimate of drug-likeness (QED) is 0.894. The molecule has 110 valence electrons. The number of hydrogen-bond donors (Lipinski definition) is 1. The van der Waals surface area contributed by atoms with Gasteiger partial charge in [-0.25, -0.2) is 13.1 Å². The molecule has 0 aliphatic rings. The van der Waals surface area contributed by atoms with Crippen LogP contribution in [0.5, 0.6) is 0 Å². The van der Waals surface area contributed by atoms with Crippen molar-refractivity contribution in [2.24, 2.45) is 14.1 Å². The number of aromatic nitrogens is 4. The van der Waals surface area contributed by atoms with Crippen LogP contribution in [0.4, 0.5) is 0 Å². The van der Waals surface area contributed by atoms with Crippen molar-refractivity contribution in [1.82, 2.24) is 24.3 Å². The van der Waals surface area contributed by atoms with E-state index >= 15 is 0 Å². The third-order valence-corrected chi connectivity index (χ3v) is 4.93. The first kappa shape index (κ1) is 14.7. The van der Waals surface area contributed by atoms with Crippen LogP contribution in [0.2, 0.25) is 0 Å². The molecule has 0 aliphatic carbocycles. The monoisotopic (exact) mass is 297 g/mol. The SMILES string of the molecule is Cc1nn(C)cc1CNS(=O)(=O)c1c(C)nn(C)c1C. The maximum absolute atomic E-state index is 12.4. The van der Waals surface area contributed by atoms with E-state index in [1.54, 1.807) is 43.5 Å². The Balaban J connectivity index is 2.26. The Morgan fingerprint density at radius 3 is 2.25 bits per heavy atom. The number of aryl methyl sites for hydroxylation is 4. The van der Waals surface area contributed by atoms with Crippen LogP contribution in [-0.2, 0) is 30.7 Å². The minimum Gasteiger partial charge on any atom is -0.275 e. The predicted molar refractivity (Wildman–Crippen MR) is 74.7 cm³/mol. The minimum atomic E-state index is -3.58. The standard InChI is InChI=1S/C12H19N5O2S/c1-8-11(7-16(4)14-8)6-13-20(18,19)12-9(2)15-17(5)10(12)3/h7,13H,6H2,1-5H3. The largest absolute Gasteiger partial charge is 0.275 e. The Morgan fingerprint density at radius 1 is 1.15 bits per heavy atom. The van der Waals surface area contributed by atoms with E-state index in [0.29, 0.717) is 11.4 Å². The fraction of sp³-hybridized carbons (Fsp3) is 0.500. The highest BCUT2D eigenvalue weighted by Gasteiger charge is 2.23. The number of rotatable bonds is 4. The maximum atomic E-state index is 12.4. The Bertz CT molecular complexity index is 742. The molecule has 0 saturated carbocycles. The Morgan fingerprint density at radius 2 is 1.80 bits per heavy atom. The molecule has 0 bridgehead atoms. The molecular formula is C12H19N5O2S. The van der Waals surface area contributed by atoms with Crippen molar-refractivity contribution in [3.8, 4) is 0 Å². The number of sulfonamides is 1. The first-order valence-corrected chi connectivity index (χ1v) is 7.69. The van der Waals surface area contributed by atoms with Crippen molar-refractivity contribution in [1.29, 1.82) is 0 Å². The highest BCUT2D eigenvalue weighted by atomic mass is 32.2. The molecule has 2 heterocycles. The van der Waals surface area contributed by atoms with Gasteiger partial charge in [0.1, 0.15) is 4.90 Å². The third-order valence-electron chi connectivity index (χ3n) is 3.28. The molecule has 0 aliphatic heterocycles. The molecule has 1 N–H and O–H groups in total. The summed E-state index contributed by atoms with van der Waals surface area (Å²) in [5.74, 6) is 0. The summed E-state index contributed by atoms with van der Waals surface area (Å²) in [6.07, 6.45) is 1.81. The van der Waals surface area contributed by atoms with Gasteiger partial charge in [0.2, 0.25) is 10.0 Å². The van der Waals surface area contributed by atoms with Crippen LogP contribution < -0.4 is 4.72 Å². The summed E-state index contributed by atoms with van der Waals surface area (Å²) < 4.78 is 30.6. The molecule has 8 heteroatoms. The second-order valence-electron chi connectivity index (χ2n) is 4.86. The number of nitrogens with one attached hydrogen (secondary N) is 1. The molecule has 0 amide bonds. The van der Waals surface area contributed by atoms with E-state index in [4.69, 9.17) is 0 Å². The summed E-state index contributed by atoms with van der Waals surface area (Å²) in [7, 11) is -0.0421. The maximum Gasteiger partial charge on any atom is 0.244 e. The fourth-order valence-electron chi connectivity index (χ4n) is 2.21. The zero-order valence-electron chi connectivity index (χ0n) is 12.3. The van der Waals surface area contributed by atoms with Gasteiger partial charge in [-0.05, 0) is 20.8 Å². The van der Waals surface area contributed by atoms with Crippen molar-refractivity contribution in [3.05, 3.63) is 28.8 Å². The Labute approximate surface area is 118 Å². The van der Waals surface area contributed by atoms with Gasteiger partial charge >= 0.3 is 0 Å². The van der Waals surface area contributed by atoms with Gasteiger partial charge in [-0.1, -0.05) is 0 Å². The van der Waals surface area contributed by atoms with Gasteiger partial charge in [0.15, 0.2) is 0 Å². The first-order valence-electron chi connectivity index (χ1n) is 6.21. The molecule has 0 unspecified atom stereocenters. The van der Waals surface area contributed by atoms with E-state index in [1.807, 2.05) is 6.92 Å². The first-order chi connectivity index (χ1) is 9.22. The van der Waals surface area contributed by atoms with Crippen LogP contribution >= 0.6 is 0 Å². The molecule has 0 aromatic carbocycles. The molecule has 7 nitrogen and oxygen atoms in total. The molecule has 0 saturated heterocycles. The molecule has 2 rings (SSSR count). The summed E-state index contributed by atoms with van der Waals surface area (Å²) >= 11 is 0. The average molecular weight is 297 g/mol. The summed E-state index contributed by atoms with van der Waals surface area (Å²) in [4.78, 5) is 0.251. The number of hydrogen-bond acceptors (Lipinski definition) is 4. The second-order valence-corrected chi connectivity index (χ2v) is 6.57. The van der Waals surface area contributed by atoms with Crippen LogP contribution in [0, 0.1) is 20.8 Å². The smallest absolute Gasteiger partial charge is 0.244 e. The molecule has 0 fully saturated rings. The molecule has 2 aromatic rings.